The van der Waals surface area contributed by atoms with Gasteiger partial charge < -0.3 is 16.2 Å². The van der Waals surface area contributed by atoms with Gasteiger partial charge in [0.2, 0.25) is 5.91 Å². The molecule has 1 aromatic rings. The van der Waals surface area contributed by atoms with Crippen LogP contribution in [0.25, 0.3) is 0 Å². The molecule has 0 aliphatic rings. The van der Waals surface area contributed by atoms with E-state index in [1.165, 1.54) is 0 Å². The Morgan fingerprint density at radius 2 is 2.11 bits per heavy atom. The van der Waals surface area contributed by atoms with Crippen molar-refractivity contribution in [3.8, 4) is 0 Å². The topological polar surface area (TPSA) is 122 Å². The van der Waals surface area contributed by atoms with Gasteiger partial charge in [0.1, 0.15) is 17.6 Å². The van der Waals surface area contributed by atoms with Gasteiger partial charge >= 0.3 is 5.97 Å². The number of aromatic nitrogens is 1. The summed E-state index contributed by atoms with van der Waals surface area (Å²) in [6.07, 6.45) is 0.279. The highest BCUT2D eigenvalue weighted by Gasteiger charge is 2.23. The molecule has 0 bridgehead atoms. The van der Waals surface area contributed by atoms with Crippen LogP contribution in [0.3, 0.4) is 0 Å². The molecular weight excluding hydrogens is 245 g/mol. The van der Waals surface area contributed by atoms with E-state index in [1.807, 2.05) is 0 Å². The van der Waals surface area contributed by atoms with Crippen molar-refractivity contribution in [3.63, 3.8) is 0 Å². The first-order valence-electron chi connectivity index (χ1n) is 4.83. The van der Waals surface area contributed by atoms with Crippen LogP contribution in [0.5, 0.6) is 0 Å². The number of pyridine rings is 1. The molecule has 1 heterocycles. The molecular formula is C10H10FN3O4. The maximum Gasteiger partial charge on any atom is 0.326 e. The van der Waals surface area contributed by atoms with E-state index in [0.717, 1.165) is 18.3 Å². The molecule has 8 heteroatoms. The van der Waals surface area contributed by atoms with Crippen molar-refractivity contribution in [2.24, 2.45) is 5.73 Å². The van der Waals surface area contributed by atoms with Gasteiger partial charge in [0.25, 0.3) is 5.91 Å². The molecule has 0 aromatic carbocycles. The van der Waals surface area contributed by atoms with Gasteiger partial charge in [0.15, 0.2) is 0 Å². The number of aliphatic carboxylic acids is 1. The molecule has 0 fully saturated rings. The number of amides is 2. The molecule has 0 unspecified atom stereocenters. The maximum atomic E-state index is 12.6. The Balaban J connectivity index is 2.75. The number of hydrogen-bond acceptors (Lipinski definition) is 4. The third kappa shape index (κ3) is 3.81. The van der Waals surface area contributed by atoms with Crippen LogP contribution in [0, 0.1) is 5.82 Å². The van der Waals surface area contributed by atoms with Crippen molar-refractivity contribution in [1.82, 2.24) is 10.3 Å². The van der Waals surface area contributed by atoms with Crippen molar-refractivity contribution in [1.29, 1.82) is 0 Å². The lowest BCUT2D eigenvalue weighted by Crippen LogP contribution is -2.43. The summed E-state index contributed by atoms with van der Waals surface area (Å²) in [6, 6.07) is 0.654. The Hall–Kier alpha value is -2.51. The summed E-state index contributed by atoms with van der Waals surface area (Å²) < 4.78 is 12.6. The van der Waals surface area contributed by atoms with Crippen molar-refractivity contribution in [3.05, 3.63) is 29.8 Å². The summed E-state index contributed by atoms with van der Waals surface area (Å²) >= 11 is 0. The van der Waals surface area contributed by atoms with Crippen LogP contribution in [-0.4, -0.2) is 33.9 Å². The van der Waals surface area contributed by atoms with Gasteiger partial charge in [-0.25, -0.2) is 14.2 Å². The Bertz CT molecular complexity index is 475. The highest BCUT2D eigenvalue weighted by Crippen LogP contribution is 2.00. The highest BCUT2D eigenvalue weighted by molar-refractivity contribution is 5.96. The SMILES string of the molecule is NC(=O)C[C@@H](NC(=O)c1ccc(F)cn1)C(=O)O. The summed E-state index contributed by atoms with van der Waals surface area (Å²) in [5.41, 5.74) is 4.69. The Morgan fingerprint density at radius 3 is 2.56 bits per heavy atom. The first-order valence-corrected chi connectivity index (χ1v) is 4.83. The number of hydrogen-bond donors (Lipinski definition) is 3. The zero-order chi connectivity index (χ0) is 13.7. The second kappa shape index (κ2) is 5.71. The highest BCUT2D eigenvalue weighted by atomic mass is 19.1. The fourth-order valence-electron chi connectivity index (χ4n) is 1.14. The smallest absolute Gasteiger partial charge is 0.326 e. The monoisotopic (exact) mass is 255 g/mol. The lowest BCUT2D eigenvalue weighted by molar-refractivity contribution is -0.140. The number of halogens is 1. The summed E-state index contributed by atoms with van der Waals surface area (Å²) in [6.45, 7) is 0. The first kappa shape index (κ1) is 13.6. The van der Waals surface area contributed by atoms with Crippen LogP contribution in [0.15, 0.2) is 18.3 Å². The van der Waals surface area contributed by atoms with Gasteiger partial charge in [-0.3, -0.25) is 9.59 Å². The van der Waals surface area contributed by atoms with Crippen LogP contribution in [0.2, 0.25) is 0 Å². The largest absolute Gasteiger partial charge is 0.480 e. The zero-order valence-corrected chi connectivity index (χ0v) is 9.09. The molecule has 18 heavy (non-hydrogen) atoms. The summed E-state index contributed by atoms with van der Waals surface area (Å²) in [5, 5.41) is 10.8. The predicted octanol–water partition coefficient (Wildman–Crippen LogP) is -0.721. The predicted molar refractivity (Wildman–Crippen MR) is 56.9 cm³/mol. The number of nitrogens with zero attached hydrogens (tertiary/aromatic N) is 1. The number of carbonyl (C=O) groups is 3. The van der Waals surface area contributed by atoms with Gasteiger partial charge in [-0.1, -0.05) is 0 Å². The van der Waals surface area contributed by atoms with Crippen molar-refractivity contribution >= 4 is 17.8 Å². The lowest BCUT2D eigenvalue weighted by Gasteiger charge is -2.12. The molecule has 1 aromatic heterocycles. The maximum absolute atomic E-state index is 12.6. The fraction of sp³-hybridized carbons (Fsp3) is 0.200. The minimum absolute atomic E-state index is 0.160. The van der Waals surface area contributed by atoms with E-state index in [0.29, 0.717) is 0 Å². The van der Waals surface area contributed by atoms with Crippen LogP contribution < -0.4 is 11.1 Å². The Labute approximate surface area is 101 Å². The van der Waals surface area contributed by atoms with E-state index in [9.17, 15) is 18.8 Å². The molecule has 0 spiro atoms. The molecule has 96 valence electrons. The number of nitrogens with one attached hydrogen (secondary N) is 1. The molecule has 4 N–H and O–H groups in total. The number of rotatable bonds is 5. The number of carboxylic acid groups (broad SMARTS) is 1. The van der Waals surface area contributed by atoms with Crippen molar-refractivity contribution in [2.75, 3.05) is 0 Å². The van der Waals surface area contributed by atoms with E-state index < -0.39 is 36.1 Å². The van der Waals surface area contributed by atoms with Crippen LogP contribution in [-0.2, 0) is 9.59 Å². The van der Waals surface area contributed by atoms with E-state index in [2.05, 4.69) is 10.3 Å². The molecule has 2 amide bonds. The van der Waals surface area contributed by atoms with Gasteiger partial charge in [0.05, 0.1) is 12.6 Å². The molecule has 0 saturated heterocycles. The standard InChI is InChI=1S/C10H10FN3O4/c11-5-1-2-6(13-4-5)9(16)14-7(10(17)18)3-8(12)15/h1-2,4,7H,3H2,(H2,12,15)(H,14,16)(H,17,18)/t7-/m1/s1. The van der Waals surface area contributed by atoms with Gasteiger partial charge in [-0.2, -0.15) is 0 Å². The summed E-state index contributed by atoms with van der Waals surface area (Å²) in [5.74, 6) is -3.72. The van der Waals surface area contributed by atoms with E-state index >= 15 is 0 Å². The minimum Gasteiger partial charge on any atom is -0.480 e. The normalized spacial score (nSPS) is 11.6. The fourth-order valence-corrected chi connectivity index (χ4v) is 1.14. The van der Waals surface area contributed by atoms with Crippen LogP contribution in [0.4, 0.5) is 4.39 Å². The quantitative estimate of drug-likeness (QED) is 0.640. The molecule has 0 saturated carbocycles. The van der Waals surface area contributed by atoms with Crippen LogP contribution >= 0.6 is 0 Å². The molecule has 1 atom stereocenters. The van der Waals surface area contributed by atoms with E-state index in [-0.39, 0.29) is 5.69 Å². The van der Waals surface area contributed by atoms with Crippen molar-refractivity contribution < 1.29 is 23.9 Å². The third-order valence-corrected chi connectivity index (χ3v) is 1.97. The Kier molecular flexibility index (Phi) is 4.30. The molecule has 0 aliphatic heterocycles. The molecule has 0 radical (unpaired) electrons. The van der Waals surface area contributed by atoms with Gasteiger partial charge in [0, 0.05) is 0 Å². The lowest BCUT2D eigenvalue weighted by atomic mass is 10.2. The summed E-state index contributed by atoms with van der Waals surface area (Å²) in [4.78, 5) is 36.4. The third-order valence-electron chi connectivity index (χ3n) is 1.97. The zero-order valence-electron chi connectivity index (χ0n) is 9.09. The van der Waals surface area contributed by atoms with Gasteiger partial charge in [-0.05, 0) is 12.1 Å². The molecule has 7 nitrogen and oxygen atoms in total. The van der Waals surface area contributed by atoms with Gasteiger partial charge in [-0.15, -0.1) is 0 Å². The number of carboxylic acids is 1. The average molecular weight is 255 g/mol. The number of carbonyl (C=O) groups excluding carboxylic acids is 2. The number of nitrogens with two attached hydrogens (primary N) is 1. The second-order valence-corrected chi connectivity index (χ2v) is 3.40. The second-order valence-electron chi connectivity index (χ2n) is 3.40. The minimum atomic E-state index is -1.44. The first-order chi connectivity index (χ1) is 8.40. The summed E-state index contributed by atoms with van der Waals surface area (Å²) in [7, 11) is 0. The molecule has 1 rings (SSSR count). The molecule has 0 aliphatic carbocycles. The van der Waals surface area contributed by atoms with E-state index in [1.54, 1.807) is 0 Å². The number of primary amides is 1. The van der Waals surface area contributed by atoms with Crippen LogP contribution in [0.1, 0.15) is 16.9 Å². The van der Waals surface area contributed by atoms with Crippen molar-refractivity contribution in [2.45, 2.75) is 12.5 Å². The van der Waals surface area contributed by atoms with E-state index in [4.69, 9.17) is 10.8 Å². The average Bonchev–Trinajstić information content (AvgIpc) is 2.28. The Morgan fingerprint density at radius 1 is 1.44 bits per heavy atom.